The van der Waals surface area contributed by atoms with Crippen molar-refractivity contribution in [2.24, 2.45) is 0 Å². The molecule has 0 spiro atoms. The lowest BCUT2D eigenvalue weighted by Gasteiger charge is -2.20. The zero-order valence-electron chi connectivity index (χ0n) is 13.5. The number of pyridine rings is 1. The van der Waals surface area contributed by atoms with Crippen LogP contribution in [-0.2, 0) is 22.6 Å². The first kappa shape index (κ1) is 17.9. The van der Waals surface area contributed by atoms with Crippen molar-refractivity contribution in [3.05, 3.63) is 64.9 Å². The van der Waals surface area contributed by atoms with Gasteiger partial charge in [0, 0.05) is 37.4 Å². The van der Waals surface area contributed by atoms with Crippen molar-refractivity contribution in [2.75, 3.05) is 13.1 Å². The smallest absolute Gasteiger partial charge is 0.239 e. The van der Waals surface area contributed by atoms with E-state index < -0.39 is 0 Å². The fourth-order valence-electron chi connectivity index (χ4n) is 2.19. The fraction of sp³-hybridized carbons (Fsp3) is 0.278. The Kier molecular flexibility index (Phi) is 6.75. The lowest BCUT2D eigenvalue weighted by molar-refractivity contribution is -0.134. The number of benzene rings is 1. The Labute approximate surface area is 146 Å². The average Bonchev–Trinajstić information content (AvgIpc) is 2.59. The summed E-state index contributed by atoms with van der Waals surface area (Å²) in [5.74, 6) is -0.304. The van der Waals surface area contributed by atoms with Gasteiger partial charge < -0.3 is 10.2 Å². The van der Waals surface area contributed by atoms with Crippen molar-refractivity contribution in [1.29, 1.82) is 0 Å². The van der Waals surface area contributed by atoms with Gasteiger partial charge in [-0.15, -0.1) is 0 Å². The third-order valence-electron chi connectivity index (χ3n) is 3.60. The molecule has 0 bridgehead atoms. The Hall–Kier alpha value is -2.40. The van der Waals surface area contributed by atoms with Crippen molar-refractivity contribution < 1.29 is 9.59 Å². The molecule has 0 atom stereocenters. The molecule has 5 nitrogen and oxygen atoms in total. The highest BCUT2D eigenvalue weighted by molar-refractivity contribution is 6.30. The Bertz CT molecular complexity index is 674. The van der Waals surface area contributed by atoms with Gasteiger partial charge in [0.15, 0.2) is 0 Å². The molecule has 1 N–H and O–H groups in total. The van der Waals surface area contributed by atoms with E-state index >= 15 is 0 Å². The lowest BCUT2D eigenvalue weighted by Crippen LogP contribution is -2.40. The molecule has 0 unspecified atom stereocenters. The highest BCUT2D eigenvalue weighted by atomic mass is 35.5. The number of nitrogens with zero attached hydrogens (tertiary/aromatic N) is 2. The highest BCUT2D eigenvalue weighted by Crippen LogP contribution is 2.10. The second-order valence-electron chi connectivity index (χ2n) is 5.45. The van der Waals surface area contributed by atoms with E-state index in [9.17, 15) is 9.59 Å². The predicted octanol–water partition coefficient (Wildman–Crippen LogP) is 2.44. The van der Waals surface area contributed by atoms with Gasteiger partial charge in [-0.1, -0.05) is 23.7 Å². The predicted molar refractivity (Wildman–Crippen MR) is 93.5 cm³/mol. The van der Waals surface area contributed by atoms with Crippen LogP contribution in [0.2, 0.25) is 5.02 Å². The van der Waals surface area contributed by atoms with Crippen LogP contribution in [0.4, 0.5) is 0 Å². The molecule has 0 aliphatic carbocycles. The molecule has 0 saturated heterocycles. The molecule has 0 saturated carbocycles. The summed E-state index contributed by atoms with van der Waals surface area (Å²) in [5, 5.41) is 3.49. The third-order valence-corrected chi connectivity index (χ3v) is 3.85. The molecule has 1 aromatic carbocycles. The van der Waals surface area contributed by atoms with Gasteiger partial charge >= 0.3 is 0 Å². The van der Waals surface area contributed by atoms with Crippen LogP contribution >= 0.6 is 11.6 Å². The molecule has 126 valence electrons. The van der Waals surface area contributed by atoms with Crippen LogP contribution in [0.15, 0.2) is 48.8 Å². The Morgan fingerprint density at radius 2 is 1.75 bits per heavy atom. The van der Waals surface area contributed by atoms with Crippen LogP contribution in [0.25, 0.3) is 0 Å². The molecule has 2 rings (SSSR count). The summed E-state index contributed by atoms with van der Waals surface area (Å²) in [6.07, 6.45) is 4.03. The maximum atomic E-state index is 12.0. The van der Waals surface area contributed by atoms with E-state index in [1.165, 1.54) is 11.8 Å². The van der Waals surface area contributed by atoms with Gasteiger partial charge in [-0.25, -0.2) is 0 Å². The second-order valence-corrected chi connectivity index (χ2v) is 5.89. The lowest BCUT2D eigenvalue weighted by atomic mass is 10.1. The molecule has 0 fully saturated rings. The minimum absolute atomic E-state index is 0.0496. The van der Waals surface area contributed by atoms with Gasteiger partial charge in [-0.05, 0) is 41.8 Å². The van der Waals surface area contributed by atoms with Crippen LogP contribution < -0.4 is 5.32 Å². The first-order valence-corrected chi connectivity index (χ1v) is 8.08. The van der Waals surface area contributed by atoms with E-state index in [0.29, 0.717) is 24.5 Å². The SMILES string of the molecule is CC(=O)N(CCc1ccc(Cl)cc1)CC(=O)NCc1ccncc1. The second kappa shape index (κ2) is 9.03. The van der Waals surface area contributed by atoms with Gasteiger partial charge in [0.1, 0.15) is 0 Å². The van der Waals surface area contributed by atoms with Crippen LogP contribution in [0, 0.1) is 0 Å². The topological polar surface area (TPSA) is 62.3 Å². The molecular formula is C18H20ClN3O2. The largest absolute Gasteiger partial charge is 0.350 e. The molecule has 6 heteroatoms. The van der Waals surface area contributed by atoms with Crippen molar-refractivity contribution in [2.45, 2.75) is 19.9 Å². The van der Waals surface area contributed by atoms with Gasteiger partial charge in [0.05, 0.1) is 6.54 Å². The van der Waals surface area contributed by atoms with E-state index in [1.807, 2.05) is 36.4 Å². The number of rotatable bonds is 7. The maximum Gasteiger partial charge on any atom is 0.239 e. The first-order valence-electron chi connectivity index (χ1n) is 7.70. The number of hydrogen-bond donors (Lipinski definition) is 1. The molecule has 0 radical (unpaired) electrons. The summed E-state index contributed by atoms with van der Waals surface area (Å²) in [5.41, 5.74) is 2.04. The molecule has 1 aromatic heterocycles. The monoisotopic (exact) mass is 345 g/mol. The van der Waals surface area contributed by atoms with Gasteiger partial charge in [0.25, 0.3) is 0 Å². The number of halogens is 1. The molecule has 0 aliphatic rings. The minimum atomic E-state index is -0.182. The number of amides is 2. The quantitative estimate of drug-likeness (QED) is 0.838. The van der Waals surface area contributed by atoms with Gasteiger partial charge in [0.2, 0.25) is 11.8 Å². The maximum absolute atomic E-state index is 12.0. The molecular weight excluding hydrogens is 326 g/mol. The van der Waals surface area contributed by atoms with Crippen LogP contribution in [-0.4, -0.2) is 34.8 Å². The van der Waals surface area contributed by atoms with E-state index in [4.69, 9.17) is 11.6 Å². The summed E-state index contributed by atoms with van der Waals surface area (Å²) in [6, 6.07) is 11.1. The van der Waals surface area contributed by atoms with Crippen molar-refractivity contribution in [1.82, 2.24) is 15.2 Å². The zero-order valence-corrected chi connectivity index (χ0v) is 14.3. The van der Waals surface area contributed by atoms with Crippen molar-refractivity contribution >= 4 is 23.4 Å². The first-order chi connectivity index (χ1) is 11.5. The molecule has 1 heterocycles. The summed E-state index contributed by atoms with van der Waals surface area (Å²) in [7, 11) is 0. The Morgan fingerprint density at radius 3 is 2.38 bits per heavy atom. The summed E-state index contributed by atoms with van der Waals surface area (Å²) in [6.45, 7) is 2.43. The Balaban J connectivity index is 1.82. The highest BCUT2D eigenvalue weighted by Gasteiger charge is 2.13. The third kappa shape index (κ3) is 6.01. The number of carbonyl (C=O) groups is 2. The van der Waals surface area contributed by atoms with Crippen molar-refractivity contribution in [3.8, 4) is 0 Å². The van der Waals surface area contributed by atoms with Crippen molar-refractivity contribution in [3.63, 3.8) is 0 Å². The minimum Gasteiger partial charge on any atom is -0.350 e. The van der Waals surface area contributed by atoms with E-state index in [1.54, 1.807) is 12.4 Å². The summed E-state index contributed by atoms with van der Waals surface area (Å²) < 4.78 is 0. The normalized spacial score (nSPS) is 10.2. The van der Waals surface area contributed by atoms with E-state index in [-0.39, 0.29) is 18.4 Å². The van der Waals surface area contributed by atoms with Gasteiger partial charge in [-0.3, -0.25) is 14.6 Å². The standard InChI is InChI=1S/C18H20ClN3O2/c1-14(23)22(11-8-15-2-4-17(19)5-3-15)13-18(24)21-12-16-6-9-20-10-7-16/h2-7,9-10H,8,11-13H2,1H3,(H,21,24). The molecule has 0 aliphatic heterocycles. The van der Waals surface area contributed by atoms with Gasteiger partial charge in [-0.2, -0.15) is 0 Å². The number of hydrogen-bond acceptors (Lipinski definition) is 3. The van der Waals surface area contributed by atoms with E-state index in [2.05, 4.69) is 10.3 Å². The number of aromatic nitrogens is 1. The molecule has 24 heavy (non-hydrogen) atoms. The summed E-state index contributed by atoms with van der Waals surface area (Å²) >= 11 is 5.86. The van der Waals surface area contributed by atoms with Crippen LogP contribution in [0.1, 0.15) is 18.1 Å². The van der Waals surface area contributed by atoms with Crippen LogP contribution in [0.5, 0.6) is 0 Å². The van der Waals surface area contributed by atoms with E-state index in [0.717, 1.165) is 11.1 Å². The summed E-state index contributed by atoms with van der Waals surface area (Å²) in [4.78, 5) is 29.3. The number of nitrogens with one attached hydrogen (secondary N) is 1. The molecule has 2 amide bonds. The fourth-order valence-corrected chi connectivity index (χ4v) is 2.32. The number of carbonyl (C=O) groups excluding carboxylic acids is 2. The zero-order chi connectivity index (χ0) is 17.4. The van der Waals surface area contributed by atoms with Crippen LogP contribution in [0.3, 0.4) is 0 Å². The average molecular weight is 346 g/mol. The Morgan fingerprint density at radius 1 is 1.08 bits per heavy atom. The molecule has 2 aromatic rings.